The molecular weight excluding hydrogens is 178 g/mol. The van der Waals surface area contributed by atoms with Crippen molar-refractivity contribution in [3.8, 4) is 0 Å². The number of ether oxygens (including phenoxy) is 1. The Labute approximate surface area is 85.6 Å². The van der Waals surface area contributed by atoms with Crippen molar-refractivity contribution in [3.05, 3.63) is 0 Å². The second-order valence-corrected chi connectivity index (χ2v) is 4.77. The predicted octanol–water partition coefficient (Wildman–Crippen LogP) is 1.04. The number of aliphatic hydroxyl groups excluding tert-OH is 1. The van der Waals surface area contributed by atoms with E-state index in [4.69, 9.17) is 10.5 Å². The molecular formula is C11H21NO2. The third kappa shape index (κ3) is 2.69. The Morgan fingerprint density at radius 3 is 2.50 bits per heavy atom. The first-order valence-electron chi connectivity index (χ1n) is 5.82. The van der Waals surface area contributed by atoms with Crippen LogP contribution in [0.1, 0.15) is 38.5 Å². The van der Waals surface area contributed by atoms with Crippen molar-refractivity contribution in [2.45, 2.75) is 56.8 Å². The molecule has 2 fully saturated rings. The number of rotatable bonds is 4. The van der Waals surface area contributed by atoms with E-state index in [1.165, 1.54) is 32.1 Å². The normalized spacial score (nSPS) is 32.6. The lowest BCUT2D eigenvalue weighted by atomic mass is 9.83. The summed E-state index contributed by atoms with van der Waals surface area (Å²) in [7, 11) is 0. The van der Waals surface area contributed by atoms with E-state index in [2.05, 4.69) is 0 Å². The lowest BCUT2D eigenvalue weighted by Gasteiger charge is -2.26. The van der Waals surface area contributed by atoms with Crippen LogP contribution in [-0.2, 0) is 4.74 Å². The van der Waals surface area contributed by atoms with Gasteiger partial charge in [-0.1, -0.05) is 32.1 Å². The first kappa shape index (κ1) is 10.4. The molecule has 0 aromatic heterocycles. The summed E-state index contributed by atoms with van der Waals surface area (Å²) < 4.78 is 5.05. The maximum Gasteiger partial charge on any atom is 0.108 e. The van der Waals surface area contributed by atoms with Gasteiger partial charge in [-0.3, -0.25) is 0 Å². The summed E-state index contributed by atoms with van der Waals surface area (Å²) in [6.45, 7) is 0.694. The van der Waals surface area contributed by atoms with Gasteiger partial charge in [0.1, 0.15) is 6.10 Å². The second kappa shape index (κ2) is 4.60. The standard InChI is InChI=1S/C11H21NO2/c12-9(11(13)10-7-14-10)6-8-4-2-1-3-5-8/h8-11,13H,1-7,12H2/t9-,10+,11-/m0/s1. The Morgan fingerprint density at radius 2 is 1.93 bits per heavy atom. The van der Waals surface area contributed by atoms with Crippen molar-refractivity contribution in [3.63, 3.8) is 0 Å². The highest BCUT2D eigenvalue weighted by atomic mass is 16.6. The smallest absolute Gasteiger partial charge is 0.108 e. The molecule has 2 rings (SSSR count). The van der Waals surface area contributed by atoms with Crippen LogP contribution in [-0.4, -0.2) is 30.0 Å². The summed E-state index contributed by atoms with van der Waals surface area (Å²) in [6, 6.07) is -0.0781. The van der Waals surface area contributed by atoms with Crippen LogP contribution < -0.4 is 5.73 Å². The number of hydrogen-bond donors (Lipinski definition) is 2. The van der Waals surface area contributed by atoms with Gasteiger partial charge in [0.05, 0.1) is 12.7 Å². The zero-order chi connectivity index (χ0) is 9.97. The summed E-state index contributed by atoms with van der Waals surface area (Å²) in [4.78, 5) is 0. The fourth-order valence-electron chi connectivity index (χ4n) is 2.48. The van der Waals surface area contributed by atoms with Gasteiger partial charge in [0.2, 0.25) is 0 Å². The van der Waals surface area contributed by atoms with E-state index >= 15 is 0 Å². The highest BCUT2D eigenvalue weighted by Gasteiger charge is 2.36. The summed E-state index contributed by atoms with van der Waals surface area (Å²) in [5, 5.41) is 9.74. The van der Waals surface area contributed by atoms with Crippen LogP contribution in [0.4, 0.5) is 0 Å². The molecule has 0 amide bonds. The molecule has 0 radical (unpaired) electrons. The van der Waals surface area contributed by atoms with Gasteiger partial charge < -0.3 is 15.6 Å². The number of aliphatic hydroxyl groups is 1. The zero-order valence-corrected chi connectivity index (χ0v) is 8.69. The summed E-state index contributed by atoms with van der Waals surface area (Å²) in [5.74, 6) is 0.743. The van der Waals surface area contributed by atoms with Gasteiger partial charge in [0, 0.05) is 6.04 Å². The first-order chi connectivity index (χ1) is 6.77. The molecule has 1 aliphatic heterocycles. The van der Waals surface area contributed by atoms with Gasteiger partial charge in [-0.25, -0.2) is 0 Å². The maximum absolute atomic E-state index is 9.74. The number of nitrogens with two attached hydrogens (primary N) is 1. The molecule has 2 aliphatic rings. The fraction of sp³-hybridized carbons (Fsp3) is 1.00. The van der Waals surface area contributed by atoms with Crippen molar-refractivity contribution >= 4 is 0 Å². The van der Waals surface area contributed by atoms with Gasteiger partial charge in [-0.2, -0.15) is 0 Å². The topological polar surface area (TPSA) is 58.8 Å². The summed E-state index contributed by atoms with van der Waals surface area (Å²) in [6.07, 6.45) is 7.23. The molecule has 82 valence electrons. The first-order valence-corrected chi connectivity index (χ1v) is 5.82. The van der Waals surface area contributed by atoms with E-state index in [9.17, 15) is 5.11 Å². The predicted molar refractivity (Wildman–Crippen MR) is 54.9 cm³/mol. The molecule has 0 aromatic carbocycles. The van der Waals surface area contributed by atoms with Gasteiger partial charge in [-0.15, -0.1) is 0 Å². The zero-order valence-electron chi connectivity index (χ0n) is 8.69. The molecule has 0 unspecified atom stereocenters. The van der Waals surface area contributed by atoms with Crippen molar-refractivity contribution < 1.29 is 9.84 Å². The third-order valence-electron chi connectivity index (χ3n) is 3.51. The molecule has 0 bridgehead atoms. The largest absolute Gasteiger partial charge is 0.389 e. The Morgan fingerprint density at radius 1 is 1.29 bits per heavy atom. The molecule has 1 saturated carbocycles. The van der Waals surface area contributed by atoms with Crippen LogP contribution in [0.5, 0.6) is 0 Å². The van der Waals surface area contributed by atoms with Crippen LogP contribution in [0.15, 0.2) is 0 Å². The molecule has 1 heterocycles. The Balaban J connectivity index is 1.71. The van der Waals surface area contributed by atoms with Gasteiger partial charge in [-0.05, 0) is 12.3 Å². The van der Waals surface area contributed by atoms with E-state index in [1.54, 1.807) is 0 Å². The Bertz CT molecular complexity index is 176. The van der Waals surface area contributed by atoms with E-state index in [-0.39, 0.29) is 12.1 Å². The minimum Gasteiger partial charge on any atom is -0.389 e. The van der Waals surface area contributed by atoms with E-state index in [0.29, 0.717) is 6.61 Å². The summed E-state index contributed by atoms with van der Waals surface area (Å²) >= 11 is 0. The van der Waals surface area contributed by atoms with Gasteiger partial charge in [0.25, 0.3) is 0 Å². The van der Waals surface area contributed by atoms with Crippen LogP contribution in [0.25, 0.3) is 0 Å². The number of epoxide rings is 1. The highest BCUT2D eigenvalue weighted by molar-refractivity contribution is 4.87. The molecule has 1 aliphatic carbocycles. The number of hydrogen-bond acceptors (Lipinski definition) is 3. The minimum absolute atomic E-state index is 0.0357. The van der Waals surface area contributed by atoms with Crippen molar-refractivity contribution in [1.82, 2.24) is 0 Å². The molecule has 3 N–H and O–H groups in total. The molecule has 3 heteroatoms. The maximum atomic E-state index is 9.74. The lowest BCUT2D eigenvalue weighted by Crippen LogP contribution is -2.40. The Kier molecular flexibility index (Phi) is 3.42. The van der Waals surface area contributed by atoms with Crippen molar-refractivity contribution in [2.75, 3.05) is 6.61 Å². The fourth-order valence-corrected chi connectivity index (χ4v) is 2.48. The van der Waals surface area contributed by atoms with E-state index in [1.807, 2.05) is 0 Å². The summed E-state index contributed by atoms with van der Waals surface area (Å²) in [5.41, 5.74) is 5.96. The van der Waals surface area contributed by atoms with E-state index < -0.39 is 6.10 Å². The van der Waals surface area contributed by atoms with Crippen molar-refractivity contribution in [1.29, 1.82) is 0 Å². The van der Waals surface area contributed by atoms with Gasteiger partial charge in [0.15, 0.2) is 0 Å². The van der Waals surface area contributed by atoms with Crippen LogP contribution in [0.2, 0.25) is 0 Å². The molecule has 0 spiro atoms. The Hall–Kier alpha value is -0.120. The second-order valence-electron chi connectivity index (χ2n) is 4.77. The third-order valence-corrected chi connectivity index (χ3v) is 3.51. The monoisotopic (exact) mass is 199 g/mol. The molecule has 3 nitrogen and oxygen atoms in total. The quantitative estimate of drug-likeness (QED) is 0.665. The average molecular weight is 199 g/mol. The van der Waals surface area contributed by atoms with Gasteiger partial charge >= 0.3 is 0 Å². The molecule has 3 atom stereocenters. The molecule has 0 aromatic rings. The van der Waals surface area contributed by atoms with Crippen molar-refractivity contribution in [2.24, 2.45) is 11.7 Å². The molecule has 1 saturated heterocycles. The van der Waals surface area contributed by atoms with Crippen LogP contribution in [0.3, 0.4) is 0 Å². The highest BCUT2D eigenvalue weighted by Crippen LogP contribution is 2.28. The SMILES string of the molecule is N[C@@H](CC1CCCCC1)[C@H](O)[C@H]1CO1. The van der Waals surface area contributed by atoms with Crippen LogP contribution >= 0.6 is 0 Å². The molecule has 14 heavy (non-hydrogen) atoms. The lowest BCUT2D eigenvalue weighted by molar-refractivity contribution is 0.0958. The van der Waals surface area contributed by atoms with Crippen LogP contribution in [0, 0.1) is 5.92 Å². The minimum atomic E-state index is -0.433. The average Bonchev–Trinajstić information content (AvgIpc) is 3.01. The van der Waals surface area contributed by atoms with E-state index in [0.717, 1.165) is 12.3 Å².